The molecule has 0 heterocycles. The lowest BCUT2D eigenvalue weighted by Crippen LogP contribution is -2.13. The summed E-state index contributed by atoms with van der Waals surface area (Å²) in [5.74, 6) is -1.80. The zero-order chi connectivity index (χ0) is 18.5. The number of para-hydroxylation sites is 1. The summed E-state index contributed by atoms with van der Waals surface area (Å²) < 4.78 is 5.43. The van der Waals surface area contributed by atoms with Crippen LogP contribution >= 0.6 is 0 Å². The zero-order valence-corrected chi connectivity index (χ0v) is 13.8. The van der Waals surface area contributed by atoms with Crippen molar-refractivity contribution in [1.29, 1.82) is 0 Å². The van der Waals surface area contributed by atoms with E-state index in [0.29, 0.717) is 12.0 Å². The summed E-state index contributed by atoms with van der Waals surface area (Å²) in [6.07, 6.45) is 0.431. The second-order valence-electron chi connectivity index (χ2n) is 5.70. The van der Waals surface area contributed by atoms with Gasteiger partial charge in [-0.1, -0.05) is 42.5 Å². The number of carbonyl (C=O) groups is 2. The fourth-order valence-corrected chi connectivity index (χ4v) is 2.58. The van der Waals surface area contributed by atoms with Gasteiger partial charge in [-0.3, -0.25) is 0 Å². The highest BCUT2D eigenvalue weighted by Crippen LogP contribution is 2.28. The summed E-state index contributed by atoms with van der Waals surface area (Å²) in [6.45, 7) is 0. The molecule has 0 radical (unpaired) electrons. The molecule has 0 aliphatic heterocycles. The first kappa shape index (κ1) is 17.2. The molecule has 0 saturated carbocycles. The van der Waals surface area contributed by atoms with E-state index < -0.39 is 11.9 Å². The first-order chi connectivity index (χ1) is 12.5. The number of hydrogen-bond donors (Lipinski definition) is 2. The van der Waals surface area contributed by atoms with Gasteiger partial charge < -0.3 is 14.9 Å². The molecule has 0 unspecified atom stereocenters. The Morgan fingerprint density at radius 3 is 2.19 bits per heavy atom. The molecule has 130 valence electrons. The molecule has 3 rings (SSSR count). The summed E-state index contributed by atoms with van der Waals surface area (Å²) >= 11 is 0. The van der Waals surface area contributed by atoms with Crippen LogP contribution in [0.5, 0.6) is 11.5 Å². The zero-order valence-electron chi connectivity index (χ0n) is 13.8. The lowest BCUT2D eigenvalue weighted by atomic mass is 10.0. The van der Waals surface area contributed by atoms with Crippen molar-refractivity contribution >= 4 is 11.9 Å². The highest BCUT2D eigenvalue weighted by Gasteiger charge is 2.19. The van der Waals surface area contributed by atoms with Crippen LogP contribution in [0, 0.1) is 0 Å². The number of benzene rings is 3. The van der Waals surface area contributed by atoms with Crippen LogP contribution in [0.25, 0.3) is 0 Å². The van der Waals surface area contributed by atoms with Crippen molar-refractivity contribution in [2.24, 2.45) is 0 Å². The van der Waals surface area contributed by atoms with Gasteiger partial charge in [0.15, 0.2) is 0 Å². The Balaban J connectivity index is 1.96. The van der Waals surface area contributed by atoms with E-state index in [1.54, 1.807) is 12.1 Å². The number of phenolic OH excluding ortho intramolecular Hbond substituents is 1. The first-order valence-corrected chi connectivity index (χ1v) is 7.95. The summed E-state index contributed by atoms with van der Waals surface area (Å²) in [5, 5.41) is 18.8. The van der Waals surface area contributed by atoms with Crippen molar-refractivity contribution in [2.45, 2.75) is 6.42 Å². The summed E-state index contributed by atoms with van der Waals surface area (Å²) in [4.78, 5) is 24.0. The van der Waals surface area contributed by atoms with E-state index >= 15 is 0 Å². The Bertz CT molecular complexity index is 930. The van der Waals surface area contributed by atoms with E-state index in [4.69, 9.17) is 4.74 Å². The lowest BCUT2D eigenvalue weighted by Gasteiger charge is -2.13. The molecule has 5 heteroatoms. The van der Waals surface area contributed by atoms with Gasteiger partial charge in [0, 0.05) is 12.0 Å². The highest BCUT2D eigenvalue weighted by atomic mass is 16.5. The van der Waals surface area contributed by atoms with E-state index in [0.717, 1.165) is 5.56 Å². The minimum absolute atomic E-state index is 0.0252. The van der Waals surface area contributed by atoms with Crippen molar-refractivity contribution in [1.82, 2.24) is 0 Å². The Kier molecular flexibility index (Phi) is 4.99. The molecule has 0 amide bonds. The van der Waals surface area contributed by atoms with Crippen LogP contribution in [0.3, 0.4) is 0 Å². The van der Waals surface area contributed by atoms with Crippen LogP contribution in [-0.2, 0) is 6.42 Å². The van der Waals surface area contributed by atoms with Gasteiger partial charge in [0.05, 0.1) is 5.56 Å². The molecule has 0 spiro atoms. The maximum atomic E-state index is 12.4. The summed E-state index contributed by atoms with van der Waals surface area (Å²) in [6, 6.07) is 19.8. The molecule has 0 bridgehead atoms. The smallest absolute Gasteiger partial charge is 0.343 e. The average molecular weight is 348 g/mol. The molecule has 3 aromatic rings. The first-order valence-electron chi connectivity index (χ1n) is 7.95. The fourth-order valence-electron chi connectivity index (χ4n) is 2.58. The number of hydrogen-bond acceptors (Lipinski definition) is 4. The minimum atomic E-state index is -1.17. The number of carboxylic acids is 1. The molecule has 0 atom stereocenters. The minimum Gasteiger partial charge on any atom is -0.508 e. The molecular weight excluding hydrogens is 332 g/mol. The Morgan fingerprint density at radius 2 is 1.54 bits per heavy atom. The van der Waals surface area contributed by atoms with Crippen molar-refractivity contribution in [2.75, 3.05) is 0 Å². The topological polar surface area (TPSA) is 83.8 Å². The molecule has 2 N–H and O–H groups in total. The second-order valence-corrected chi connectivity index (χ2v) is 5.70. The maximum absolute atomic E-state index is 12.4. The normalized spacial score (nSPS) is 10.3. The second kappa shape index (κ2) is 7.53. The van der Waals surface area contributed by atoms with Gasteiger partial charge in [0.25, 0.3) is 0 Å². The molecule has 0 saturated heterocycles. The van der Waals surface area contributed by atoms with Gasteiger partial charge in [-0.25, -0.2) is 9.59 Å². The molecule has 0 fully saturated rings. The number of carbonyl (C=O) groups excluding carboxylic acids is 1. The Labute approximate surface area is 150 Å². The standard InChI is InChI=1S/C21H16O5/c22-17-11-9-15(10-12-17)21(25)26-19-16(7-4-8-18(19)20(23)24)13-14-5-2-1-3-6-14/h1-12,22H,13H2,(H,23,24). The number of esters is 1. The van der Waals surface area contributed by atoms with E-state index in [2.05, 4.69) is 0 Å². The number of aromatic carboxylic acids is 1. The third-order valence-electron chi connectivity index (χ3n) is 3.86. The van der Waals surface area contributed by atoms with Gasteiger partial charge in [-0.2, -0.15) is 0 Å². The predicted molar refractivity (Wildman–Crippen MR) is 95.7 cm³/mol. The maximum Gasteiger partial charge on any atom is 0.343 e. The third kappa shape index (κ3) is 3.89. The molecule has 0 aliphatic rings. The quantitative estimate of drug-likeness (QED) is 0.540. The van der Waals surface area contributed by atoms with E-state index in [9.17, 15) is 19.8 Å². The van der Waals surface area contributed by atoms with Crippen molar-refractivity contribution in [3.8, 4) is 11.5 Å². The Hall–Kier alpha value is -3.60. The number of phenols is 1. The van der Waals surface area contributed by atoms with Crippen LogP contribution in [0.2, 0.25) is 0 Å². The highest BCUT2D eigenvalue weighted by molar-refractivity contribution is 5.96. The molecular formula is C21H16O5. The molecule has 0 aromatic heterocycles. The van der Waals surface area contributed by atoms with Gasteiger partial charge in [-0.05, 0) is 35.9 Å². The van der Waals surface area contributed by atoms with E-state index in [1.807, 2.05) is 30.3 Å². The third-order valence-corrected chi connectivity index (χ3v) is 3.86. The van der Waals surface area contributed by atoms with Gasteiger partial charge in [0.1, 0.15) is 17.1 Å². The van der Waals surface area contributed by atoms with Crippen molar-refractivity contribution < 1.29 is 24.5 Å². The SMILES string of the molecule is O=C(Oc1c(Cc2ccccc2)cccc1C(=O)O)c1ccc(O)cc1. The van der Waals surface area contributed by atoms with Crippen LogP contribution in [-0.4, -0.2) is 22.2 Å². The number of aromatic hydroxyl groups is 1. The fraction of sp³-hybridized carbons (Fsp3) is 0.0476. The number of ether oxygens (including phenoxy) is 1. The van der Waals surface area contributed by atoms with Crippen molar-refractivity contribution in [3.63, 3.8) is 0 Å². The van der Waals surface area contributed by atoms with Crippen LogP contribution in [0.4, 0.5) is 0 Å². The monoisotopic (exact) mass is 348 g/mol. The van der Waals surface area contributed by atoms with Gasteiger partial charge >= 0.3 is 11.9 Å². The summed E-state index contributed by atoms with van der Waals surface area (Å²) in [7, 11) is 0. The largest absolute Gasteiger partial charge is 0.508 e. The van der Waals surface area contributed by atoms with E-state index in [1.165, 1.54) is 30.3 Å². The number of rotatable bonds is 5. The predicted octanol–water partition coefficient (Wildman–Crippen LogP) is 3.90. The van der Waals surface area contributed by atoms with Crippen LogP contribution in [0.15, 0.2) is 72.8 Å². The Morgan fingerprint density at radius 1 is 0.846 bits per heavy atom. The lowest BCUT2D eigenvalue weighted by molar-refractivity contribution is 0.0680. The molecule has 26 heavy (non-hydrogen) atoms. The average Bonchev–Trinajstić information content (AvgIpc) is 2.64. The molecule has 5 nitrogen and oxygen atoms in total. The van der Waals surface area contributed by atoms with Crippen LogP contribution in [0.1, 0.15) is 31.8 Å². The van der Waals surface area contributed by atoms with Gasteiger partial charge in [-0.15, -0.1) is 0 Å². The van der Waals surface area contributed by atoms with Crippen molar-refractivity contribution in [3.05, 3.63) is 95.1 Å². The van der Waals surface area contributed by atoms with E-state index in [-0.39, 0.29) is 22.6 Å². The van der Waals surface area contributed by atoms with Crippen LogP contribution < -0.4 is 4.74 Å². The number of carboxylic acid groups (broad SMARTS) is 1. The molecule has 3 aromatic carbocycles. The summed E-state index contributed by atoms with van der Waals surface area (Å²) in [5.41, 5.74) is 1.71. The van der Waals surface area contributed by atoms with Gasteiger partial charge in [0.2, 0.25) is 0 Å². The molecule has 0 aliphatic carbocycles.